The molecule has 0 aromatic heterocycles. The molecule has 1 aliphatic rings. The number of hydrogen-bond donors (Lipinski definition) is 1. The minimum Gasteiger partial charge on any atom is -0.329 e. The van der Waals surface area contributed by atoms with E-state index >= 15 is 0 Å². The van der Waals surface area contributed by atoms with Crippen LogP contribution < -0.4 is 5.73 Å². The van der Waals surface area contributed by atoms with Crippen molar-refractivity contribution < 1.29 is 13.6 Å². The third-order valence-electron chi connectivity index (χ3n) is 4.58. The van der Waals surface area contributed by atoms with Crippen LogP contribution >= 0.6 is 0 Å². The van der Waals surface area contributed by atoms with E-state index in [0.717, 1.165) is 31.7 Å². The summed E-state index contributed by atoms with van der Waals surface area (Å²) in [5.41, 5.74) is 5.56. The van der Waals surface area contributed by atoms with E-state index in [-0.39, 0.29) is 17.8 Å². The Bertz CT molecular complexity index is 493. The van der Waals surface area contributed by atoms with Crippen LogP contribution in [-0.4, -0.2) is 12.3 Å². The van der Waals surface area contributed by atoms with Gasteiger partial charge in [0, 0.05) is 24.4 Å². The summed E-state index contributed by atoms with van der Waals surface area (Å²) in [4.78, 5) is 12.5. The first-order valence-electron chi connectivity index (χ1n) is 7.14. The van der Waals surface area contributed by atoms with Gasteiger partial charge in [-0.05, 0) is 43.2 Å². The highest BCUT2D eigenvalue weighted by atomic mass is 19.1. The first-order chi connectivity index (χ1) is 9.47. The number of carbonyl (C=O) groups is 1. The molecule has 0 radical (unpaired) electrons. The largest absolute Gasteiger partial charge is 0.329 e. The second-order valence-electron chi connectivity index (χ2n) is 6.00. The second kappa shape index (κ2) is 6.00. The number of Topliss-reactive ketones (excluding diaryl/α,β-unsaturated/α-hetero) is 1. The molecule has 0 aliphatic heterocycles. The molecule has 1 saturated carbocycles. The average Bonchev–Trinajstić information content (AvgIpc) is 2.43. The van der Waals surface area contributed by atoms with E-state index in [1.54, 1.807) is 0 Å². The Morgan fingerprint density at radius 2 is 2.00 bits per heavy atom. The third-order valence-corrected chi connectivity index (χ3v) is 4.58. The van der Waals surface area contributed by atoms with E-state index in [4.69, 9.17) is 5.73 Å². The molecule has 20 heavy (non-hydrogen) atoms. The zero-order valence-electron chi connectivity index (χ0n) is 11.8. The number of ketones is 1. The molecule has 110 valence electrons. The van der Waals surface area contributed by atoms with Gasteiger partial charge in [-0.25, -0.2) is 8.78 Å². The second-order valence-corrected chi connectivity index (χ2v) is 6.00. The predicted molar refractivity (Wildman–Crippen MR) is 74.2 cm³/mol. The van der Waals surface area contributed by atoms with Crippen molar-refractivity contribution >= 4 is 5.78 Å². The molecule has 2 rings (SSSR count). The van der Waals surface area contributed by atoms with Crippen LogP contribution in [0.5, 0.6) is 0 Å². The van der Waals surface area contributed by atoms with E-state index in [9.17, 15) is 13.6 Å². The van der Waals surface area contributed by atoms with Crippen LogP contribution in [-0.2, 0) is 11.2 Å². The van der Waals surface area contributed by atoms with Crippen molar-refractivity contribution in [3.63, 3.8) is 0 Å². The first kappa shape index (κ1) is 15.1. The van der Waals surface area contributed by atoms with Crippen LogP contribution in [0.15, 0.2) is 18.2 Å². The van der Waals surface area contributed by atoms with Crippen molar-refractivity contribution in [1.29, 1.82) is 0 Å². The highest BCUT2D eigenvalue weighted by Gasteiger charge is 2.39. The van der Waals surface area contributed by atoms with Crippen molar-refractivity contribution in [2.24, 2.45) is 17.1 Å². The van der Waals surface area contributed by atoms with Gasteiger partial charge < -0.3 is 5.73 Å². The maximum Gasteiger partial charge on any atom is 0.144 e. The number of rotatable bonds is 4. The van der Waals surface area contributed by atoms with Crippen LogP contribution in [0, 0.1) is 23.0 Å². The lowest BCUT2D eigenvalue weighted by atomic mass is 9.67. The van der Waals surface area contributed by atoms with Gasteiger partial charge in [-0.15, -0.1) is 0 Å². The van der Waals surface area contributed by atoms with Crippen molar-refractivity contribution in [3.8, 4) is 0 Å². The maximum absolute atomic E-state index is 13.6. The Kier molecular flexibility index (Phi) is 4.53. The molecule has 1 aromatic carbocycles. The number of halogens is 2. The molecule has 0 atom stereocenters. The molecule has 2 N–H and O–H groups in total. The molecule has 0 amide bonds. The zero-order valence-corrected chi connectivity index (χ0v) is 11.8. The Hall–Kier alpha value is -1.29. The molecule has 2 nitrogen and oxygen atoms in total. The number of hydrogen-bond acceptors (Lipinski definition) is 2. The van der Waals surface area contributed by atoms with Crippen LogP contribution in [0.2, 0.25) is 0 Å². The van der Waals surface area contributed by atoms with Gasteiger partial charge in [0.25, 0.3) is 0 Å². The number of carbonyl (C=O) groups excluding carboxylic acids is 1. The van der Waals surface area contributed by atoms with Gasteiger partial charge in [-0.2, -0.15) is 0 Å². The fourth-order valence-electron chi connectivity index (χ4n) is 2.94. The lowest BCUT2D eigenvalue weighted by Gasteiger charge is -2.37. The van der Waals surface area contributed by atoms with Crippen molar-refractivity contribution in [2.75, 3.05) is 6.54 Å². The van der Waals surface area contributed by atoms with Gasteiger partial charge in [0.05, 0.1) is 0 Å². The lowest BCUT2D eigenvalue weighted by molar-refractivity contribution is -0.129. The molecule has 4 heteroatoms. The molecule has 1 aliphatic carbocycles. The van der Waals surface area contributed by atoms with Gasteiger partial charge >= 0.3 is 0 Å². The summed E-state index contributed by atoms with van der Waals surface area (Å²) in [6.45, 7) is 2.48. The maximum atomic E-state index is 13.6. The molecule has 0 heterocycles. The highest BCUT2D eigenvalue weighted by molar-refractivity contribution is 5.87. The minimum atomic E-state index is -0.658. The Labute approximate surface area is 118 Å². The Morgan fingerprint density at radius 1 is 1.35 bits per heavy atom. The molecule has 1 aromatic rings. The average molecular weight is 281 g/mol. The van der Waals surface area contributed by atoms with Gasteiger partial charge in [0.2, 0.25) is 0 Å². The smallest absolute Gasteiger partial charge is 0.144 e. The van der Waals surface area contributed by atoms with Crippen molar-refractivity contribution in [2.45, 2.75) is 39.0 Å². The summed E-state index contributed by atoms with van der Waals surface area (Å²) in [6, 6.07) is 3.35. The van der Waals surface area contributed by atoms with Crippen LogP contribution in [0.25, 0.3) is 0 Å². The summed E-state index contributed by atoms with van der Waals surface area (Å²) in [6.07, 6.45) is 3.50. The number of benzene rings is 1. The summed E-state index contributed by atoms with van der Waals surface area (Å²) < 4.78 is 26.5. The fraction of sp³-hybridized carbons (Fsp3) is 0.562. The Morgan fingerprint density at radius 3 is 2.55 bits per heavy atom. The summed E-state index contributed by atoms with van der Waals surface area (Å²) in [5.74, 6) is -0.684. The first-order valence-corrected chi connectivity index (χ1v) is 7.14. The molecule has 0 bridgehead atoms. The van der Waals surface area contributed by atoms with E-state index in [2.05, 4.69) is 6.92 Å². The summed E-state index contributed by atoms with van der Waals surface area (Å²) in [7, 11) is 0. The normalized spacial score (nSPS) is 26.5. The fourth-order valence-corrected chi connectivity index (χ4v) is 2.94. The van der Waals surface area contributed by atoms with E-state index in [1.165, 1.54) is 12.1 Å². The highest BCUT2D eigenvalue weighted by Crippen LogP contribution is 2.39. The SMILES string of the molecule is CC1CCC(CN)(C(=O)Cc2ccc(F)cc2F)CC1. The quantitative estimate of drug-likeness (QED) is 0.920. The van der Waals surface area contributed by atoms with E-state index in [0.29, 0.717) is 12.5 Å². The monoisotopic (exact) mass is 281 g/mol. The predicted octanol–water partition coefficient (Wildman–Crippen LogP) is 3.23. The molecule has 0 saturated heterocycles. The van der Waals surface area contributed by atoms with Crippen LogP contribution in [0.1, 0.15) is 38.2 Å². The van der Waals surface area contributed by atoms with Gasteiger partial charge in [0.15, 0.2) is 0 Å². The van der Waals surface area contributed by atoms with Crippen LogP contribution in [0.3, 0.4) is 0 Å². The Balaban J connectivity index is 2.13. The molecular formula is C16H21F2NO. The van der Waals surface area contributed by atoms with E-state index in [1.807, 2.05) is 0 Å². The van der Waals surface area contributed by atoms with Crippen molar-refractivity contribution in [3.05, 3.63) is 35.4 Å². The topological polar surface area (TPSA) is 43.1 Å². The van der Waals surface area contributed by atoms with Gasteiger partial charge in [-0.3, -0.25) is 4.79 Å². The zero-order chi connectivity index (χ0) is 14.8. The minimum absolute atomic E-state index is 0.00229. The summed E-state index contributed by atoms with van der Waals surface area (Å²) in [5, 5.41) is 0. The molecule has 0 unspecified atom stereocenters. The lowest BCUT2D eigenvalue weighted by Crippen LogP contribution is -2.42. The molecule has 0 spiro atoms. The molecule has 1 fully saturated rings. The standard InChI is InChI=1S/C16H21F2NO/c1-11-4-6-16(10-19,7-5-11)15(20)8-12-2-3-13(17)9-14(12)18/h2-3,9,11H,4-8,10,19H2,1H3. The van der Waals surface area contributed by atoms with Gasteiger partial charge in [0.1, 0.15) is 17.4 Å². The molecular weight excluding hydrogens is 260 g/mol. The third kappa shape index (κ3) is 3.06. The van der Waals surface area contributed by atoms with Crippen LogP contribution in [0.4, 0.5) is 8.78 Å². The number of nitrogens with two attached hydrogens (primary N) is 1. The summed E-state index contributed by atoms with van der Waals surface area (Å²) >= 11 is 0. The van der Waals surface area contributed by atoms with E-state index < -0.39 is 17.0 Å². The van der Waals surface area contributed by atoms with Crippen molar-refractivity contribution in [1.82, 2.24) is 0 Å². The van der Waals surface area contributed by atoms with Gasteiger partial charge in [-0.1, -0.05) is 13.0 Å².